The summed E-state index contributed by atoms with van der Waals surface area (Å²) in [6, 6.07) is 12.9. The zero-order valence-electron chi connectivity index (χ0n) is 18.5. The summed E-state index contributed by atoms with van der Waals surface area (Å²) in [5.41, 5.74) is 0.917. The lowest BCUT2D eigenvalue weighted by Crippen LogP contribution is -2.58. The van der Waals surface area contributed by atoms with E-state index < -0.39 is 11.7 Å². The van der Waals surface area contributed by atoms with E-state index in [0.29, 0.717) is 37.3 Å². The highest BCUT2D eigenvalue weighted by atomic mass is 16.2. The highest BCUT2D eigenvalue weighted by molar-refractivity contribution is 6.01. The highest BCUT2D eigenvalue weighted by Crippen LogP contribution is 2.31. The van der Waals surface area contributed by atoms with Gasteiger partial charge in [-0.25, -0.2) is 4.98 Å². The number of amides is 3. The molecule has 8 heteroatoms. The van der Waals surface area contributed by atoms with Crippen molar-refractivity contribution in [1.82, 2.24) is 20.1 Å². The number of benzene rings is 1. The molecule has 2 unspecified atom stereocenters. The van der Waals surface area contributed by atoms with Gasteiger partial charge in [0.2, 0.25) is 11.8 Å². The summed E-state index contributed by atoms with van der Waals surface area (Å²) in [5, 5.41) is 6.37. The van der Waals surface area contributed by atoms with Crippen LogP contribution in [0.3, 0.4) is 0 Å². The first-order chi connectivity index (χ1) is 15.4. The van der Waals surface area contributed by atoms with Crippen LogP contribution in [0.5, 0.6) is 0 Å². The molecule has 168 valence electrons. The van der Waals surface area contributed by atoms with Crippen molar-refractivity contribution in [2.45, 2.75) is 44.3 Å². The fraction of sp³-hybridized carbons (Fsp3) is 0.417. The van der Waals surface area contributed by atoms with E-state index >= 15 is 0 Å². The van der Waals surface area contributed by atoms with E-state index in [1.807, 2.05) is 30.3 Å². The minimum Gasteiger partial charge on any atom is -0.347 e. The van der Waals surface area contributed by atoms with Crippen LogP contribution < -0.4 is 10.6 Å². The lowest BCUT2D eigenvalue weighted by Gasteiger charge is -2.39. The van der Waals surface area contributed by atoms with E-state index in [4.69, 9.17) is 0 Å². The minimum atomic E-state index is -0.745. The smallest absolute Gasteiger partial charge is 0.256 e. The van der Waals surface area contributed by atoms with Crippen LogP contribution in [-0.4, -0.2) is 64.3 Å². The molecule has 2 aromatic rings. The van der Waals surface area contributed by atoms with Crippen molar-refractivity contribution in [1.29, 1.82) is 0 Å². The maximum atomic E-state index is 13.0. The number of carbonyl (C=O) groups excluding carboxylic acids is 3. The Kier molecular flexibility index (Phi) is 6.12. The van der Waals surface area contributed by atoms with E-state index in [1.54, 1.807) is 42.1 Å². The molecule has 2 N–H and O–H groups in total. The van der Waals surface area contributed by atoms with Gasteiger partial charge in [0.05, 0.1) is 5.56 Å². The lowest BCUT2D eigenvalue weighted by atomic mass is 9.97. The molecule has 1 spiro atoms. The Hall–Kier alpha value is -3.42. The zero-order valence-corrected chi connectivity index (χ0v) is 18.5. The van der Waals surface area contributed by atoms with Crippen LogP contribution in [0.15, 0.2) is 48.7 Å². The van der Waals surface area contributed by atoms with Crippen molar-refractivity contribution in [2.24, 2.45) is 0 Å². The first-order valence-corrected chi connectivity index (χ1v) is 11.0. The Morgan fingerprint density at radius 3 is 2.72 bits per heavy atom. The fourth-order valence-corrected chi connectivity index (χ4v) is 4.42. The van der Waals surface area contributed by atoms with Gasteiger partial charge in [0, 0.05) is 39.2 Å². The van der Waals surface area contributed by atoms with Crippen molar-refractivity contribution in [2.75, 3.05) is 25.5 Å². The van der Waals surface area contributed by atoms with Gasteiger partial charge in [-0.1, -0.05) is 30.3 Å². The summed E-state index contributed by atoms with van der Waals surface area (Å²) in [6.07, 6.45) is 3.56. The minimum absolute atomic E-state index is 0.0814. The maximum Gasteiger partial charge on any atom is 0.256 e. The van der Waals surface area contributed by atoms with Crippen molar-refractivity contribution in [3.63, 3.8) is 0 Å². The molecule has 3 heterocycles. The molecule has 3 amide bonds. The number of aromatic nitrogens is 1. The molecule has 1 aromatic heterocycles. The lowest BCUT2D eigenvalue weighted by molar-refractivity contribution is -0.144. The average Bonchev–Trinajstić information content (AvgIpc) is 2.96. The molecule has 1 saturated heterocycles. The summed E-state index contributed by atoms with van der Waals surface area (Å²) in [7, 11) is 1.77. The van der Waals surface area contributed by atoms with E-state index in [1.165, 1.54) is 5.56 Å². The van der Waals surface area contributed by atoms with Crippen molar-refractivity contribution in [3.05, 3.63) is 59.8 Å². The molecule has 1 aromatic carbocycles. The molecule has 2 aliphatic rings. The largest absolute Gasteiger partial charge is 0.347 e. The second kappa shape index (κ2) is 8.98. The molecule has 32 heavy (non-hydrogen) atoms. The number of nitrogens with zero attached hydrogens (tertiary/aromatic N) is 3. The van der Waals surface area contributed by atoms with E-state index in [2.05, 4.69) is 15.6 Å². The number of carbonyl (C=O) groups is 3. The van der Waals surface area contributed by atoms with Crippen LogP contribution in [0.4, 0.5) is 5.82 Å². The Labute approximate surface area is 188 Å². The molecule has 2 aliphatic heterocycles. The molecular weight excluding hydrogens is 406 g/mol. The van der Waals surface area contributed by atoms with E-state index in [0.717, 1.165) is 6.42 Å². The molecular formula is C24H29N5O3. The Morgan fingerprint density at radius 2 is 1.94 bits per heavy atom. The monoisotopic (exact) mass is 435 g/mol. The molecule has 4 rings (SSSR count). The van der Waals surface area contributed by atoms with Crippen molar-refractivity contribution in [3.8, 4) is 0 Å². The number of likely N-dealkylation sites (tertiary alicyclic amines) is 1. The number of rotatable bonds is 5. The molecule has 1 fully saturated rings. The number of nitrogens with one attached hydrogen (secondary N) is 2. The number of fused-ring (bicyclic) bond motifs is 1. The van der Waals surface area contributed by atoms with Crippen LogP contribution in [0.1, 0.15) is 42.1 Å². The zero-order chi connectivity index (χ0) is 22.7. The molecule has 2 atom stereocenters. The molecule has 0 radical (unpaired) electrons. The maximum absolute atomic E-state index is 13.0. The first kappa shape index (κ1) is 21.8. The Bertz CT molecular complexity index is 1010. The standard InChI is InChI=1S/C24H29N5O3/c1-17(23(32)28(2)15-11-18-7-4-3-5-8-18)29-16-13-24(12-10-20(29)30)26-21-19(22(31)27-24)9-6-14-25-21/h3-9,14,17H,10-13,15-16H2,1-2H3,(H,25,26)(H,27,31). The SMILES string of the molecule is CC(C(=O)N(C)CCc1ccccc1)N1CCC2(CCC1=O)NC(=O)c1cccnc1N2. The third-order valence-corrected chi connectivity index (χ3v) is 6.41. The number of hydrogen-bond acceptors (Lipinski definition) is 5. The van der Waals surface area contributed by atoms with Gasteiger partial charge in [-0.05, 0) is 37.5 Å². The second-order valence-corrected chi connectivity index (χ2v) is 8.57. The number of likely N-dealkylation sites (N-methyl/N-ethyl adjacent to an activating group) is 1. The first-order valence-electron chi connectivity index (χ1n) is 11.0. The highest BCUT2D eigenvalue weighted by Gasteiger charge is 2.42. The summed E-state index contributed by atoms with van der Waals surface area (Å²) < 4.78 is 0. The normalized spacial score (nSPS) is 21.2. The predicted molar refractivity (Wildman–Crippen MR) is 121 cm³/mol. The van der Waals surface area contributed by atoms with Crippen LogP contribution in [-0.2, 0) is 16.0 Å². The number of anilines is 1. The molecule has 0 saturated carbocycles. The number of pyridine rings is 1. The molecule has 8 nitrogen and oxygen atoms in total. The predicted octanol–water partition coefficient (Wildman–Crippen LogP) is 2.04. The summed E-state index contributed by atoms with van der Waals surface area (Å²) in [4.78, 5) is 46.2. The van der Waals surface area contributed by atoms with Gasteiger partial charge < -0.3 is 20.4 Å². The van der Waals surface area contributed by atoms with Crippen LogP contribution in [0.25, 0.3) is 0 Å². The van der Waals surface area contributed by atoms with E-state index in [9.17, 15) is 14.4 Å². The van der Waals surface area contributed by atoms with E-state index in [-0.39, 0.29) is 24.1 Å². The van der Waals surface area contributed by atoms with Crippen molar-refractivity contribution < 1.29 is 14.4 Å². The fourth-order valence-electron chi connectivity index (χ4n) is 4.42. The number of hydrogen-bond donors (Lipinski definition) is 2. The van der Waals surface area contributed by atoms with Crippen LogP contribution in [0, 0.1) is 0 Å². The van der Waals surface area contributed by atoms with Gasteiger partial charge >= 0.3 is 0 Å². The Morgan fingerprint density at radius 1 is 1.16 bits per heavy atom. The summed E-state index contributed by atoms with van der Waals surface area (Å²) in [5.74, 6) is 0.166. The van der Waals surface area contributed by atoms with Crippen molar-refractivity contribution >= 4 is 23.5 Å². The van der Waals surface area contributed by atoms with Gasteiger partial charge in [-0.3, -0.25) is 14.4 Å². The summed E-state index contributed by atoms with van der Waals surface area (Å²) >= 11 is 0. The molecule has 0 aliphatic carbocycles. The topological polar surface area (TPSA) is 94.6 Å². The Balaban J connectivity index is 1.41. The summed E-state index contributed by atoms with van der Waals surface area (Å²) in [6.45, 7) is 2.73. The van der Waals surface area contributed by atoms with Gasteiger partial charge in [0.1, 0.15) is 17.5 Å². The van der Waals surface area contributed by atoms with Crippen LogP contribution in [0.2, 0.25) is 0 Å². The van der Waals surface area contributed by atoms with Gasteiger partial charge in [-0.2, -0.15) is 0 Å². The third kappa shape index (κ3) is 4.44. The van der Waals surface area contributed by atoms with Crippen LogP contribution >= 0.6 is 0 Å². The third-order valence-electron chi connectivity index (χ3n) is 6.41. The quantitative estimate of drug-likeness (QED) is 0.750. The van der Waals surface area contributed by atoms with Gasteiger partial charge in [0.15, 0.2) is 0 Å². The van der Waals surface area contributed by atoms with Gasteiger partial charge in [0.25, 0.3) is 5.91 Å². The molecule has 0 bridgehead atoms. The van der Waals surface area contributed by atoms with Gasteiger partial charge in [-0.15, -0.1) is 0 Å². The second-order valence-electron chi connectivity index (χ2n) is 8.57. The average molecular weight is 436 g/mol.